The summed E-state index contributed by atoms with van der Waals surface area (Å²) in [5.41, 5.74) is 7.34. The van der Waals surface area contributed by atoms with E-state index >= 15 is 0 Å². The van der Waals surface area contributed by atoms with E-state index in [1.165, 1.54) is 12.5 Å². The minimum Gasteiger partial charge on any atom is -0.512 e. The smallest absolute Gasteiger partial charge is 0.262 e. The van der Waals surface area contributed by atoms with Crippen molar-refractivity contribution in [3.8, 4) is 11.1 Å². The minimum absolute atomic E-state index is 0.0953. The molecule has 5 nitrogen and oxygen atoms in total. The molecule has 2 N–H and O–H groups in total. The summed E-state index contributed by atoms with van der Waals surface area (Å²) in [6.45, 7) is 3.55. The number of nitrogens with zero attached hydrogens (tertiary/aromatic N) is 1. The lowest BCUT2D eigenvalue weighted by Crippen LogP contribution is -2.44. The van der Waals surface area contributed by atoms with E-state index in [2.05, 4.69) is 54.4 Å². The quantitative estimate of drug-likeness (QED) is 0.235. The third kappa shape index (κ3) is 3.22. The van der Waals surface area contributed by atoms with Crippen molar-refractivity contribution >= 4 is 22.6 Å². The third-order valence-electron chi connectivity index (χ3n) is 7.41. The number of carbonyl (C=O) groups is 2. The van der Waals surface area contributed by atoms with Crippen LogP contribution in [-0.2, 0) is 22.4 Å². The van der Waals surface area contributed by atoms with E-state index in [4.69, 9.17) is 0 Å². The van der Waals surface area contributed by atoms with Crippen molar-refractivity contribution < 1.29 is 14.7 Å². The third-order valence-corrected chi connectivity index (χ3v) is 7.41. The maximum absolute atomic E-state index is 13.4. The van der Waals surface area contributed by atoms with Gasteiger partial charge in [0.25, 0.3) is 5.91 Å². The van der Waals surface area contributed by atoms with Gasteiger partial charge in [0.15, 0.2) is 5.78 Å². The molecule has 0 unspecified atom stereocenters. The standard InChI is InChI=1S/C30H26N2O3/c1-3-18-8-10-19(11-9-18)20-12-14-21(15-13-20)28-27-23(22-6-4-5-7-24(22)31-27)16-25-29(34)26(17(2)33)30(35)32(25)28/h4-15,25,28,31,33H,3,16H2,1-2H3/b26-17-/t25-,28+/m0/s1. The number of nitrogens with one attached hydrogen (secondary N) is 1. The van der Waals surface area contributed by atoms with E-state index in [0.717, 1.165) is 45.3 Å². The summed E-state index contributed by atoms with van der Waals surface area (Å²) in [6.07, 6.45) is 1.43. The molecule has 2 atom stereocenters. The highest BCUT2D eigenvalue weighted by atomic mass is 16.3. The first-order chi connectivity index (χ1) is 17.0. The number of aryl methyl sites for hydroxylation is 1. The van der Waals surface area contributed by atoms with Gasteiger partial charge in [-0.3, -0.25) is 9.59 Å². The lowest BCUT2D eigenvalue weighted by molar-refractivity contribution is -0.129. The number of aliphatic hydroxyl groups is 1. The summed E-state index contributed by atoms with van der Waals surface area (Å²) < 4.78 is 0. The molecule has 1 amide bonds. The lowest BCUT2D eigenvalue weighted by atomic mass is 9.88. The number of aromatic amines is 1. The zero-order valence-electron chi connectivity index (χ0n) is 19.7. The van der Waals surface area contributed by atoms with Crippen LogP contribution in [0.4, 0.5) is 0 Å². The van der Waals surface area contributed by atoms with Crippen LogP contribution < -0.4 is 0 Å². The molecule has 4 aromatic rings. The summed E-state index contributed by atoms with van der Waals surface area (Å²) in [6, 6.07) is 23.7. The van der Waals surface area contributed by atoms with Crippen LogP contribution in [0.25, 0.3) is 22.0 Å². The van der Waals surface area contributed by atoms with Crippen molar-refractivity contribution in [3.63, 3.8) is 0 Å². The Balaban J connectivity index is 1.49. The first-order valence-electron chi connectivity index (χ1n) is 12.0. The fourth-order valence-corrected chi connectivity index (χ4v) is 5.61. The molecule has 174 valence electrons. The predicted octanol–water partition coefficient (Wildman–Crippen LogP) is 5.65. The van der Waals surface area contributed by atoms with Crippen LogP contribution in [0.1, 0.15) is 42.3 Å². The zero-order chi connectivity index (χ0) is 24.3. The maximum atomic E-state index is 13.4. The number of amides is 1. The van der Waals surface area contributed by atoms with E-state index in [1.807, 2.05) is 30.3 Å². The molecule has 2 aliphatic heterocycles. The van der Waals surface area contributed by atoms with Gasteiger partial charge in [0.1, 0.15) is 17.4 Å². The number of aliphatic hydroxyl groups excluding tert-OH is 1. The predicted molar refractivity (Wildman–Crippen MR) is 136 cm³/mol. The van der Waals surface area contributed by atoms with Gasteiger partial charge in [0.05, 0.1) is 6.04 Å². The molecule has 1 fully saturated rings. The number of benzene rings is 3. The number of aromatic nitrogens is 1. The van der Waals surface area contributed by atoms with E-state index in [9.17, 15) is 14.7 Å². The summed E-state index contributed by atoms with van der Waals surface area (Å²) >= 11 is 0. The largest absolute Gasteiger partial charge is 0.512 e. The van der Waals surface area contributed by atoms with Crippen molar-refractivity contribution in [2.24, 2.45) is 0 Å². The van der Waals surface area contributed by atoms with Gasteiger partial charge < -0.3 is 15.0 Å². The van der Waals surface area contributed by atoms with E-state index < -0.39 is 18.0 Å². The lowest BCUT2D eigenvalue weighted by Gasteiger charge is -2.37. The Morgan fingerprint density at radius 1 is 0.971 bits per heavy atom. The first-order valence-corrected chi connectivity index (χ1v) is 12.0. The molecule has 0 spiro atoms. The molecule has 2 aliphatic rings. The Morgan fingerprint density at radius 2 is 1.63 bits per heavy atom. The molecule has 0 aliphatic carbocycles. The first kappa shape index (κ1) is 21.4. The fraction of sp³-hybridized carbons (Fsp3) is 0.200. The van der Waals surface area contributed by atoms with Crippen LogP contribution in [0.15, 0.2) is 84.1 Å². The molecule has 1 aromatic heterocycles. The number of hydrogen-bond donors (Lipinski definition) is 2. The molecule has 0 radical (unpaired) electrons. The Bertz CT molecular complexity index is 1510. The Kier molecular flexibility index (Phi) is 4.88. The van der Waals surface area contributed by atoms with Gasteiger partial charge in [-0.2, -0.15) is 0 Å². The van der Waals surface area contributed by atoms with Crippen molar-refractivity contribution in [3.05, 3.63) is 107 Å². The van der Waals surface area contributed by atoms with Gasteiger partial charge in [-0.25, -0.2) is 0 Å². The number of ketones is 1. The number of carbonyl (C=O) groups excluding carboxylic acids is 2. The number of hydrogen-bond acceptors (Lipinski definition) is 3. The number of allylic oxidation sites excluding steroid dienone is 1. The summed E-state index contributed by atoms with van der Waals surface area (Å²) in [4.78, 5) is 31.8. The van der Waals surface area contributed by atoms with E-state index in [-0.39, 0.29) is 17.1 Å². The average molecular weight is 463 g/mol. The van der Waals surface area contributed by atoms with Crippen LogP contribution in [-0.4, -0.2) is 32.7 Å². The fourth-order valence-electron chi connectivity index (χ4n) is 5.61. The normalized spacial score (nSPS) is 20.8. The van der Waals surface area contributed by atoms with Crippen LogP contribution in [0.5, 0.6) is 0 Å². The second-order valence-corrected chi connectivity index (χ2v) is 9.39. The van der Waals surface area contributed by atoms with Gasteiger partial charge in [0.2, 0.25) is 0 Å². The average Bonchev–Trinajstić information content (AvgIpc) is 3.37. The second kappa shape index (κ2) is 7.98. The number of rotatable bonds is 3. The van der Waals surface area contributed by atoms with Crippen molar-refractivity contribution in [2.45, 2.75) is 38.8 Å². The van der Waals surface area contributed by atoms with Gasteiger partial charge in [-0.1, -0.05) is 73.7 Å². The van der Waals surface area contributed by atoms with Gasteiger partial charge in [0, 0.05) is 23.0 Å². The molecular weight excluding hydrogens is 436 g/mol. The zero-order valence-corrected chi connectivity index (χ0v) is 19.7. The van der Waals surface area contributed by atoms with Crippen LogP contribution in [0.2, 0.25) is 0 Å². The van der Waals surface area contributed by atoms with Gasteiger partial charge in [-0.15, -0.1) is 0 Å². The van der Waals surface area contributed by atoms with Gasteiger partial charge in [-0.05, 0) is 47.2 Å². The van der Waals surface area contributed by atoms with Crippen molar-refractivity contribution in [2.75, 3.05) is 0 Å². The summed E-state index contributed by atoms with van der Waals surface area (Å²) in [5.74, 6) is -0.926. The molecule has 0 bridgehead atoms. The number of H-pyrrole nitrogens is 1. The molecule has 3 aromatic carbocycles. The molecule has 35 heavy (non-hydrogen) atoms. The monoisotopic (exact) mass is 462 g/mol. The molecule has 5 heteroatoms. The van der Waals surface area contributed by atoms with Crippen LogP contribution in [0, 0.1) is 0 Å². The van der Waals surface area contributed by atoms with E-state index in [0.29, 0.717) is 6.42 Å². The Labute approximate surface area is 203 Å². The van der Waals surface area contributed by atoms with Crippen LogP contribution in [0.3, 0.4) is 0 Å². The maximum Gasteiger partial charge on any atom is 0.262 e. The SMILES string of the molecule is CCc1ccc(-c2ccc([C@@H]3c4[nH]c5ccccc5c4C[C@H]4C(=O)/C(=C(\C)O)C(=O)N34)cc2)cc1. The van der Waals surface area contributed by atoms with E-state index in [1.54, 1.807) is 4.90 Å². The van der Waals surface area contributed by atoms with Crippen molar-refractivity contribution in [1.29, 1.82) is 0 Å². The number of Topliss-reactive ketones (excluding diaryl/α,β-unsaturated/α-hetero) is 1. The second-order valence-electron chi connectivity index (χ2n) is 9.39. The molecule has 6 rings (SSSR count). The topological polar surface area (TPSA) is 73.4 Å². The minimum atomic E-state index is -0.627. The van der Waals surface area contributed by atoms with Crippen molar-refractivity contribution in [1.82, 2.24) is 9.88 Å². The molecule has 1 saturated heterocycles. The highest BCUT2D eigenvalue weighted by Crippen LogP contribution is 2.45. The molecule has 3 heterocycles. The highest BCUT2D eigenvalue weighted by Gasteiger charge is 2.52. The van der Waals surface area contributed by atoms with Gasteiger partial charge >= 0.3 is 0 Å². The number of fused-ring (bicyclic) bond motifs is 4. The Morgan fingerprint density at radius 3 is 2.29 bits per heavy atom. The number of para-hydroxylation sites is 1. The summed E-state index contributed by atoms with van der Waals surface area (Å²) in [5, 5.41) is 11.2. The molecule has 0 saturated carbocycles. The molecular formula is C30H26N2O3. The Hall–Kier alpha value is -4.12. The summed E-state index contributed by atoms with van der Waals surface area (Å²) in [7, 11) is 0. The van der Waals surface area contributed by atoms with Crippen LogP contribution >= 0.6 is 0 Å². The highest BCUT2D eigenvalue weighted by molar-refractivity contribution is 6.27.